The van der Waals surface area contributed by atoms with Crippen LogP contribution in [0.2, 0.25) is 0 Å². The molecule has 2 aromatic rings. The molecule has 4 rings (SSSR count). The smallest absolute Gasteiger partial charge is 0.159 e. The Balaban J connectivity index is 1.86. The zero-order valence-electron chi connectivity index (χ0n) is 12.5. The van der Waals surface area contributed by atoms with Crippen LogP contribution < -0.4 is 5.32 Å². The number of nitrogens with zero attached hydrogens (tertiary/aromatic N) is 2. The fraction of sp³-hybridized carbons (Fsp3) is 0.444. The summed E-state index contributed by atoms with van der Waals surface area (Å²) < 4.78 is 0. The summed E-state index contributed by atoms with van der Waals surface area (Å²) in [4.78, 5) is 9.88. The Kier molecular flexibility index (Phi) is 3.23. The van der Waals surface area contributed by atoms with Gasteiger partial charge in [-0.2, -0.15) is 0 Å². The normalized spacial score (nSPS) is 18.1. The minimum atomic E-state index is 0.657. The van der Waals surface area contributed by atoms with Crippen molar-refractivity contribution in [3.8, 4) is 11.4 Å². The van der Waals surface area contributed by atoms with E-state index in [1.165, 1.54) is 47.3 Å². The third kappa shape index (κ3) is 2.26. The maximum Gasteiger partial charge on any atom is 0.159 e. The topological polar surface area (TPSA) is 37.8 Å². The van der Waals surface area contributed by atoms with Gasteiger partial charge in [-0.1, -0.05) is 30.7 Å². The van der Waals surface area contributed by atoms with Crippen LogP contribution in [0.1, 0.15) is 47.7 Å². The van der Waals surface area contributed by atoms with Crippen molar-refractivity contribution in [1.82, 2.24) is 15.3 Å². The lowest BCUT2D eigenvalue weighted by Gasteiger charge is -2.30. The van der Waals surface area contributed by atoms with Crippen molar-refractivity contribution in [2.24, 2.45) is 0 Å². The van der Waals surface area contributed by atoms with Crippen LogP contribution in [0, 0.1) is 6.92 Å². The van der Waals surface area contributed by atoms with Gasteiger partial charge in [0.05, 0.1) is 11.4 Å². The predicted molar refractivity (Wildman–Crippen MR) is 84.2 cm³/mol. The largest absolute Gasteiger partial charge is 0.312 e. The first-order valence-electron chi connectivity index (χ1n) is 7.99. The van der Waals surface area contributed by atoms with E-state index in [0.29, 0.717) is 5.92 Å². The van der Waals surface area contributed by atoms with Crippen LogP contribution in [-0.4, -0.2) is 16.5 Å². The Morgan fingerprint density at radius 3 is 2.76 bits per heavy atom. The molecule has 1 N–H and O–H groups in total. The number of aromatic nitrogens is 2. The SMILES string of the molecule is Cc1ccccc1-c1nc2c(c(C3CCC3)n1)CNCC2. The summed E-state index contributed by atoms with van der Waals surface area (Å²) >= 11 is 0. The fourth-order valence-electron chi connectivity index (χ4n) is 3.33. The second-order valence-electron chi connectivity index (χ2n) is 6.23. The zero-order valence-corrected chi connectivity index (χ0v) is 12.5. The van der Waals surface area contributed by atoms with Crippen molar-refractivity contribution in [3.05, 3.63) is 46.8 Å². The van der Waals surface area contributed by atoms with Gasteiger partial charge in [-0.15, -0.1) is 0 Å². The number of fused-ring (bicyclic) bond motifs is 1. The van der Waals surface area contributed by atoms with Gasteiger partial charge in [-0.25, -0.2) is 9.97 Å². The molecule has 0 radical (unpaired) electrons. The van der Waals surface area contributed by atoms with Crippen molar-refractivity contribution in [2.45, 2.75) is 45.1 Å². The first kappa shape index (κ1) is 13.0. The molecule has 2 heterocycles. The van der Waals surface area contributed by atoms with E-state index in [1.54, 1.807) is 0 Å². The standard InChI is InChI=1S/C18H21N3/c1-12-5-2-3-8-14(12)18-20-16-9-10-19-11-15(16)17(21-18)13-6-4-7-13/h2-3,5,8,13,19H,4,6-7,9-11H2,1H3. The molecule has 0 bridgehead atoms. The van der Waals surface area contributed by atoms with Gasteiger partial charge in [0.1, 0.15) is 0 Å². The van der Waals surface area contributed by atoms with Crippen molar-refractivity contribution in [3.63, 3.8) is 0 Å². The van der Waals surface area contributed by atoms with Crippen molar-refractivity contribution in [1.29, 1.82) is 0 Å². The highest BCUT2D eigenvalue weighted by atomic mass is 15.0. The van der Waals surface area contributed by atoms with Crippen molar-refractivity contribution >= 4 is 0 Å². The second kappa shape index (κ2) is 5.23. The third-order valence-electron chi connectivity index (χ3n) is 4.84. The minimum absolute atomic E-state index is 0.657. The van der Waals surface area contributed by atoms with Crippen LogP contribution in [0.25, 0.3) is 11.4 Å². The number of hydrogen-bond acceptors (Lipinski definition) is 3. The lowest BCUT2D eigenvalue weighted by atomic mass is 9.80. The molecular formula is C18H21N3. The van der Waals surface area contributed by atoms with Crippen LogP contribution in [0.5, 0.6) is 0 Å². The van der Waals surface area contributed by atoms with Crippen LogP contribution in [0.15, 0.2) is 24.3 Å². The summed E-state index contributed by atoms with van der Waals surface area (Å²) in [5.74, 6) is 1.58. The number of aryl methyl sites for hydroxylation is 1. The van der Waals surface area contributed by atoms with E-state index in [1.807, 2.05) is 0 Å². The molecule has 0 atom stereocenters. The molecule has 1 aromatic carbocycles. The maximum atomic E-state index is 4.99. The highest BCUT2D eigenvalue weighted by molar-refractivity contribution is 5.60. The third-order valence-corrected chi connectivity index (χ3v) is 4.84. The van der Waals surface area contributed by atoms with Crippen LogP contribution in [-0.2, 0) is 13.0 Å². The van der Waals surface area contributed by atoms with E-state index >= 15 is 0 Å². The number of benzene rings is 1. The highest BCUT2D eigenvalue weighted by Crippen LogP contribution is 2.39. The molecule has 3 nitrogen and oxygen atoms in total. The molecule has 0 unspecified atom stereocenters. The van der Waals surface area contributed by atoms with Gasteiger partial charge in [0.25, 0.3) is 0 Å². The molecule has 1 aromatic heterocycles. The summed E-state index contributed by atoms with van der Waals surface area (Å²) in [5, 5.41) is 3.48. The van der Waals surface area contributed by atoms with E-state index in [4.69, 9.17) is 9.97 Å². The van der Waals surface area contributed by atoms with Gasteiger partial charge in [0.2, 0.25) is 0 Å². The van der Waals surface area contributed by atoms with Gasteiger partial charge < -0.3 is 5.32 Å². The van der Waals surface area contributed by atoms with E-state index in [9.17, 15) is 0 Å². The van der Waals surface area contributed by atoms with E-state index < -0.39 is 0 Å². The fourth-order valence-corrected chi connectivity index (χ4v) is 3.33. The first-order chi connectivity index (χ1) is 10.3. The van der Waals surface area contributed by atoms with Gasteiger partial charge in [0, 0.05) is 36.6 Å². The molecule has 2 aliphatic rings. The summed E-state index contributed by atoms with van der Waals surface area (Å²) in [5.41, 5.74) is 6.40. The predicted octanol–water partition coefficient (Wildman–Crippen LogP) is 3.37. The zero-order chi connectivity index (χ0) is 14.2. The molecule has 1 saturated carbocycles. The summed E-state index contributed by atoms with van der Waals surface area (Å²) in [6.45, 7) is 4.11. The minimum Gasteiger partial charge on any atom is -0.312 e. The van der Waals surface area contributed by atoms with Crippen molar-refractivity contribution < 1.29 is 0 Å². The van der Waals surface area contributed by atoms with Gasteiger partial charge in [-0.05, 0) is 25.3 Å². The van der Waals surface area contributed by atoms with Gasteiger partial charge in [-0.3, -0.25) is 0 Å². The lowest BCUT2D eigenvalue weighted by Crippen LogP contribution is -2.28. The Labute approximate surface area is 125 Å². The van der Waals surface area contributed by atoms with Gasteiger partial charge in [0.15, 0.2) is 5.82 Å². The molecule has 1 aliphatic carbocycles. The Hall–Kier alpha value is -1.74. The van der Waals surface area contributed by atoms with E-state index in [2.05, 4.69) is 36.5 Å². The summed E-state index contributed by atoms with van der Waals surface area (Å²) in [6, 6.07) is 8.44. The van der Waals surface area contributed by atoms with Crippen LogP contribution >= 0.6 is 0 Å². The molecular weight excluding hydrogens is 258 g/mol. The monoisotopic (exact) mass is 279 g/mol. The Morgan fingerprint density at radius 1 is 1.14 bits per heavy atom. The lowest BCUT2D eigenvalue weighted by molar-refractivity contribution is 0.404. The molecule has 0 amide bonds. The van der Waals surface area contributed by atoms with E-state index in [-0.39, 0.29) is 0 Å². The first-order valence-corrected chi connectivity index (χ1v) is 7.99. The molecule has 3 heteroatoms. The summed E-state index contributed by atoms with van der Waals surface area (Å²) in [7, 11) is 0. The molecule has 21 heavy (non-hydrogen) atoms. The van der Waals surface area contributed by atoms with Crippen LogP contribution in [0.4, 0.5) is 0 Å². The summed E-state index contributed by atoms with van der Waals surface area (Å²) in [6.07, 6.45) is 4.94. The van der Waals surface area contributed by atoms with E-state index in [0.717, 1.165) is 25.3 Å². The van der Waals surface area contributed by atoms with Crippen molar-refractivity contribution in [2.75, 3.05) is 6.54 Å². The number of nitrogens with one attached hydrogen (secondary N) is 1. The number of rotatable bonds is 2. The average Bonchev–Trinajstić information content (AvgIpc) is 2.46. The molecule has 0 spiro atoms. The molecule has 1 fully saturated rings. The quantitative estimate of drug-likeness (QED) is 0.916. The average molecular weight is 279 g/mol. The Morgan fingerprint density at radius 2 is 2.00 bits per heavy atom. The second-order valence-corrected chi connectivity index (χ2v) is 6.23. The molecule has 108 valence electrons. The number of hydrogen-bond donors (Lipinski definition) is 1. The molecule has 1 aliphatic heterocycles. The van der Waals surface area contributed by atoms with Gasteiger partial charge >= 0.3 is 0 Å². The molecule has 0 saturated heterocycles. The highest BCUT2D eigenvalue weighted by Gasteiger charge is 2.27. The van der Waals surface area contributed by atoms with Crippen LogP contribution in [0.3, 0.4) is 0 Å². The Bertz CT molecular complexity index is 674. The maximum absolute atomic E-state index is 4.99.